The van der Waals surface area contributed by atoms with Crippen LogP contribution in [-0.2, 0) is 4.79 Å². The molecular formula is C15H20BrClN2O2. The van der Waals surface area contributed by atoms with Crippen molar-refractivity contribution in [2.75, 3.05) is 26.2 Å². The highest BCUT2D eigenvalue weighted by Gasteiger charge is 2.39. The van der Waals surface area contributed by atoms with E-state index < -0.39 is 6.10 Å². The van der Waals surface area contributed by atoms with Crippen molar-refractivity contribution in [1.82, 2.24) is 10.2 Å². The van der Waals surface area contributed by atoms with Crippen LogP contribution >= 0.6 is 28.3 Å². The van der Waals surface area contributed by atoms with Gasteiger partial charge in [-0.25, -0.2) is 0 Å². The lowest BCUT2D eigenvalue weighted by Crippen LogP contribution is -2.40. The third kappa shape index (κ3) is 3.52. The Morgan fingerprint density at radius 3 is 2.57 bits per heavy atom. The van der Waals surface area contributed by atoms with Crippen LogP contribution in [0, 0.1) is 11.8 Å². The number of fused-ring (bicyclic) bond motifs is 1. The summed E-state index contributed by atoms with van der Waals surface area (Å²) in [6, 6.07) is 7.62. The fraction of sp³-hybridized carbons (Fsp3) is 0.533. The Morgan fingerprint density at radius 1 is 1.33 bits per heavy atom. The molecule has 1 aromatic rings. The first-order chi connectivity index (χ1) is 9.65. The van der Waals surface area contributed by atoms with Crippen molar-refractivity contribution in [1.29, 1.82) is 0 Å². The highest BCUT2D eigenvalue weighted by Crippen LogP contribution is 2.28. The lowest BCUT2D eigenvalue weighted by atomic mass is 10.0. The van der Waals surface area contributed by atoms with Crippen molar-refractivity contribution in [2.24, 2.45) is 11.8 Å². The SMILES string of the molecule is CC(Oc1ccccc1Br)C(=O)N1C[C@H]2CNC[C@H]2C1.Cl. The molecule has 0 saturated carbocycles. The van der Waals surface area contributed by atoms with Crippen LogP contribution in [0.5, 0.6) is 5.75 Å². The second-order valence-electron chi connectivity index (χ2n) is 5.61. The highest BCUT2D eigenvalue weighted by molar-refractivity contribution is 9.10. The maximum atomic E-state index is 12.5. The fourth-order valence-electron chi connectivity index (χ4n) is 3.07. The molecule has 4 nitrogen and oxygen atoms in total. The molecule has 0 spiro atoms. The number of likely N-dealkylation sites (tertiary alicyclic amines) is 1. The molecule has 2 aliphatic heterocycles. The zero-order valence-electron chi connectivity index (χ0n) is 11.9. The standard InChI is InChI=1S/C15H19BrN2O2.ClH/c1-10(20-14-5-3-2-4-13(14)16)15(19)18-8-11-6-17-7-12(11)9-18;/h2-5,10-12,17H,6-9H2,1H3;1H/t10?,11-,12+;. The number of nitrogens with one attached hydrogen (secondary N) is 1. The molecule has 116 valence electrons. The quantitative estimate of drug-likeness (QED) is 0.881. The minimum absolute atomic E-state index is 0. The van der Waals surface area contributed by atoms with Crippen molar-refractivity contribution in [2.45, 2.75) is 13.0 Å². The summed E-state index contributed by atoms with van der Waals surface area (Å²) >= 11 is 3.44. The predicted molar refractivity (Wildman–Crippen MR) is 87.9 cm³/mol. The Morgan fingerprint density at radius 2 is 1.95 bits per heavy atom. The van der Waals surface area contributed by atoms with Crippen LogP contribution in [0.4, 0.5) is 0 Å². The van der Waals surface area contributed by atoms with E-state index in [2.05, 4.69) is 21.2 Å². The number of ether oxygens (including phenoxy) is 1. The molecule has 1 aromatic carbocycles. The van der Waals surface area contributed by atoms with Crippen LogP contribution in [0.2, 0.25) is 0 Å². The van der Waals surface area contributed by atoms with Crippen LogP contribution in [0.25, 0.3) is 0 Å². The molecule has 2 saturated heterocycles. The number of para-hydroxylation sites is 1. The highest BCUT2D eigenvalue weighted by atomic mass is 79.9. The lowest BCUT2D eigenvalue weighted by molar-refractivity contribution is -0.137. The van der Waals surface area contributed by atoms with E-state index in [1.807, 2.05) is 36.1 Å². The molecule has 2 aliphatic rings. The molecule has 2 heterocycles. The minimum Gasteiger partial charge on any atom is -0.480 e. The molecule has 0 aromatic heterocycles. The molecule has 0 aliphatic carbocycles. The first-order valence-corrected chi connectivity index (χ1v) is 7.85. The summed E-state index contributed by atoms with van der Waals surface area (Å²) in [5.41, 5.74) is 0. The van der Waals surface area contributed by atoms with Gasteiger partial charge in [0.2, 0.25) is 0 Å². The zero-order valence-corrected chi connectivity index (χ0v) is 14.3. The second-order valence-corrected chi connectivity index (χ2v) is 6.47. The van der Waals surface area contributed by atoms with Crippen LogP contribution in [-0.4, -0.2) is 43.1 Å². The van der Waals surface area contributed by atoms with Gasteiger partial charge in [0.1, 0.15) is 5.75 Å². The summed E-state index contributed by atoms with van der Waals surface area (Å²) < 4.78 is 6.66. The van der Waals surface area contributed by atoms with Gasteiger partial charge in [0.25, 0.3) is 5.91 Å². The van der Waals surface area contributed by atoms with E-state index in [9.17, 15) is 4.79 Å². The maximum Gasteiger partial charge on any atom is 0.263 e. The number of carbonyl (C=O) groups is 1. The normalized spacial score (nSPS) is 25.1. The first-order valence-electron chi connectivity index (χ1n) is 7.06. The predicted octanol–water partition coefficient (Wildman–Crippen LogP) is 2.32. The molecule has 0 radical (unpaired) electrons. The van der Waals surface area contributed by atoms with Gasteiger partial charge in [-0.1, -0.05) is 12.1 Å². The van der Waals surface area contributed by atoms with Crippen molar-refractivity contribution in [3.05, 3.63) is 28.7 Å². The Balaban J connectivity index is 0.00000161. The summed E-state index contributed by atoms with van der Waals surface area (Å²) in [5, 5.41) is 3.38. The largest absolute Gasteiger partial charge is 0.480 e. The molecule has 1 amide bonds. The van der Waals surface area contributed by atoms with Crippen molar-refractivity contribution >= 4 is 34.2 Å². The average Bonchev–Trinajstić information content (AvgIpc) is 3.01. The number of benzene rings is 1. The molecule has 3 rings (SSSR count). The van der Waals surface area contributed by atoms with Gasteiger partial charge in [-0.05, 0) is 46.8 Å². The number of rotatable bonds is 3. The van der Waals surface area contributed by atoms with E-state index in [-0.39, 0.29) is 18.3 Å². The molecular weight excluding hydrogens is 356 g/mol. The van der Waals surface area contributed by atoms with Crippen LogP contribution in [0.3, 0.4) is 0 Å². The Labute approximate surface area is 139 Å². The third-order valence-corrected chi connectivity index (χ3v) is 4.84. The summed E-state index contributed by atoms with van der Waals surface area (Å²) in [6.07, 6.45) is -0.444. The number of halogens is 2. The Hall–Kier alpha value is -0.780. The summed E-state index contributed by atoms with van der Waals surface area (Å²) in [7, 11) is 0. The van der Waals surface area contributed by atoms with Crippen molar-refractivity contribution in [3.8, 4) is 5.75 Å². The Kier molecular flexibility index (Phi) is 5.52. The third-order valence-electron chi connectivity index (χ3n) is 4.19. The van der Waals surface area contributed by atoms with E-state index in [4.69, 9.17) is 4.74 Å². The lowest BCUT2D eigenvalue weighted by Gasteiger charge is -2.23. The number of amides is 1. The van der Waals surface area contributed by atoms with Gasteiger partial charge < -0.3 is 15.0 Å². The van der Waals surface area contributed by atoms with Crippen LogP contribution in [0.1, 0.15) is 6.92 Å². The topological polar surface area (TPSA) is 41.6 Å². The minimum atomic E-state index is -0.444. The van der Waals surface area contributed by atoms with Gasteiger partial charge in [-0.3, -0.25) is 4.79 Å². The van der Waals surface area contributed by atoms with Gasteiger partial charge in [0.05, 0.1) is 4.47 Å². The van der Waals surface area contributed by atoms with Gasteiger partial charge in [-0.15, -0.1) is 12.4 Å². The molecule has 3 atom stereocenters. The number of hydrogen-bond acceptors (Lipinski definition) is 3. The molecule has 1 unspecified atom stereocenters. The van der Waals surface area contributed by atoms with Gasteiger partial charge in [-0.2, -0.15) is 0 Å². The van der Waals surface area contributed by atoms with Gasteiger partial charge >= 0.3 is 0 Å². The second kappa shape index (κ2) is 6.99. The number of carbonyl (C=O) groups excluding carboxylic acids is 1. The Bertz CT molecular complexity index is 502. The van der Waals surface area contributed by atoms with E-state index in [1.165, 1.54) is 0 Å². The summed E-state index contributed by atoms with van der Waals surface area (Å²) in [5.74, 6) is 2.05. The van der Waals surface area contributed by atoms with Crippen LogP contribution in [0.15, 0.2) is 28.7 Å². The fourth-order valence-corrected chi connectivity index (χ4v) is 3.45. The summed E-state index contributed by atoms with van der Waals surface area (Å²) in [4.78, 5) is 14.4. The van der Waals surface area contributed by atoms with E-state index in [0.717, 1.165) is 36.4 Å². The number of hydrogen-bond donors (Lipinski definition) is 1. The maximum absolute atomic E-state index is 12.5. The molecule has 21 heavy (non-hydrogen) atoms. The van der Waals surface area contributed by atoms with Gasteiger partial charge in [0, 0.05) is 26.2 Å². The molecule has 0 bridgehead atoms. The van der Waals surface area contributed by atoms with E-state index in [1.54, 1.807) is 0 Å². The monoisotopic (exact) mass is 374 g/mol. The zero-order chi connectivity index (χ0) is 14.1. The summed E-state index contributed by atoms with van der Waals surface area (Å²) in [6.45, 7) is 5.62. The van der Waals surface area contributed by atoms with E-state index >= 15 is 0 Å². The molecule has 2 fully saturated rings. The average molecular weight is 376 g/mol. The van der Waals surface area contributed by atoms with Crippen molar-refractivity contribution in [3.63, 3.8) is 0 Å². The van der Waals surface area contributed by atoms with E-state index in [0.29, 0.717) is 11.8 Å². The smallest absolute Gasteiger partial charge is 0.263 e. The van der Waals surface area contributed by atoms with Crippen LogP contribution < -0.4 is 10.1 Å². The first kappa shape index (κ1) is 16.6. The van der Waals surface area contributed by atoms with Crippen molar-refractivity contribution < 1.29 is 9.53 Å². The molecule has 6 heteroatoms. The molecule has 1 N–H and O–H groups in total. The van der Waals surface area contributed by atoms with Gasteiger partial charge in [0.15, 0.2) is 6.10 Å². The number of nitrogens with zero attached hydrogens (tertiary/aromatic N) is 1.